The maximum Gasteiger partial charge on any atom is 0.172 e. The Morgan fingerprint density at radius 1 is 1.56 bits per heavy atom. The zero-order valence-corrected chi connectivity index (χ0v) is 9.91. The van der Waals surface area contributed by atoms with E-state index in [1.54, 1.807) is 26.0 Å². The van der Waals surface area contributed by atoms with Crippen LogP contribution in [-0.2, 0) is 4.79 Å². The summed E-state index contributed by atoms with van der Waals surface area (Å²) in [5.74, 6) is 0.262. The smallest absolute Gasteiger partial charge is 0.172 e. The van der Waals surface area contributed by atoms with Crippen LogP contribution < -0.4 is 4.74 Å². The average molecular weight is 238 g/mol. The summed E-state index contributed by atoms with van der Waals surface area (Å²) >= 11 is 5.78. The number of nitrogens with zero attached hydrogens (tertiary/aromatic N) is 1. The van der Waals surface area contributed by atoms with Gasteiger partial charge in [0.15, 0.2) is 5.78 Å². The van der Waals surface area contributed by atoms with Crippen molar-refractivity contribution in [2.24, 2.45) is 5.92 Å². The van der Waals surface area contributed by atoms with Gasteiger partial charge in [0.25, 0.3) is 0 Å². The lowest BCUT2D eigenvalue weighted by Crippen LogP contribution is -2.17. The van der Waals surface area contributed by atoms with E-state index in [4.69, 9.17) is 21.6 Å². The van der Waals surface area contributed by atoms with E-state index in [1.807, 2.05) is 6.07 Å². The van der Waals surface area contributed by atoms with Gasteiger partial charge in [0.2, 0.25) is 0 Å². The third-order valence-corrected chi connectivity index (χ3v) is 2.31. The molecule has 0 unspecified atom stereocenters. The van der Waals surface area contributed by atoms with Gasteiger partial charge in [-0.15, -0.1) is 0 Å². The number of ether oxygens (including phenoxy) is 1. The molecule has 0 aliphatic carbocycles. The summed E-state index contributed by atoms with van der Waals surface area (Å²) in [6.45, 7) is 3.57. The predicted molar refractivity (Wildman–Crippen MR) is 61.5 cm³/mol. The van der Waals surface area contributed by atoms with E-state index >= 15 is 0 Å². The van der Waals surface area contributed by atoms with Crippen molar-refractivity contribution in [3.05, 3.63) is 28.8 Å². The van der Waals surface area contributed by atoms with Crippen LogP contribution in [0.1, 0.15) is 19.4 Å². The van der Waals surface area contributed by atoms with Crippen LogP contribution >= 0.6 is 11.6 Å². The number of Topliss-reactive ketones (excluding diaryl/α,β-unsaturated/α-hetero) is 1. The summed E-state index contributed by atoms with van der Waals surface area (Å²) in [6, 6.07) is 6.69. The van der Waals surface area contributed by atoms with Crippen molar-refractivity contribution in [1.82, 2.24) is 0 Å². The quantitative estimate of drug-likeness (QED) is 0.809. The Bertz CT molecular complexity index is 435. The second kappa shape index (κ2) is 5.53. The fraction of sp³-hybridized carbons (Fsp3) is 0.333. The first-order valence-electron chi connectivity index (χ1n) is 4.89. The monoisotopic (exact) mass is 237 g/mol. The van der Waals surface area contributed by atoms with Crippen molar-refractivity contribution < 1.29 is 9.53 Å². The van der Waals surface area contributed by atoms with Gasteiger partial charge in [-0.05, 0) is 12.1 Å². The Balaban J connectivity index is 2.77. The van der Waals surface area contributed by atoms with Crippen molar-refractivity contribution in [3.63, 3.8) is 0 Å². The number of ketones is 1. The summed E-state index contributed by atoms with van der Waals surface area (Å²) in [5.41, 5.74) is 0.376. The average Bonchev–Trinajstić information content (AvgIpc) is 2.25. The Kier molecular flexibility index (Phi) is 4.33. The number of rotatable bonds is 4. The molecule has 0 saturated carbocycles. The number of hydrogen-bond acceptors (Lipinski definition) is 3. The number of carbonyl (C=O) groups excluding carboxylic acids is 1. The van der Waals surface area contributed by atoms with Gasteiger partial charge in [0, 0.05) is 17.0 Å². The molecule has 0 heterocycles. The number of hydrogen-bond donors (Lipinski definition) is 0. The van der Waals surface area contributed by atoms with Gasteiger partial charge in [-0.25, -0.2) is 0 Å². The van der Waals surface area contributed by atoms with Crippen molar-refractivity contribution in [2.45, 2.75) is 13.8 Å². The first-order valence-corrected chi connectivity index (χ1v) is 5.27. The number of benzene rings is 1. The predicted octanol–water partition coefficient (Wildman–Crippen LogP) is 2.82. The SMILES string of the molecule is CC(C)C(=O)COc1cc(Cl)ccc1C#N. The fourth-order valence-electron chi connectivity index (χ4n) is 1.02. The van der Waals surface area contributed by atoms with E-state index in [1.165, 1.54) is 6.07 Å². The minimum atomic E-state index is -0.0790. The Morgan fingerprint density at radius 2 is 2.25 bits per heavy atom. The molecule has 0 fully saturated rings. The fourth-order valence-corrected chi connectivity index (χ4v) is 1.19. The molecule has 0 bridgehead atoms. The van der Waals surface area contributed by atoms with Crippen LogP contribution in [0.5, 0.6) is 5.75 Å². The molecule has 0 aliphatic rings. The van der Waals surface area contributed by atoms with Crippen LogP contribution in [0.25, 0.3) is 0 Å². The molecule has 0 aliphatic heterocycles. The third kappa shape index (κ3) is 3.25. The van der Waals surface area contributed by atoms with E-state index in [-0.39, 0.29) is 18.3 Å². The topological polar surface area (TPSA) is 50.1 Å². The van der Waals surface area contributed by atoms with Gasteiger partial charge in [-0.1, -0.05) is 25.4 Å². The molecule has 0 radical (unpaired) electrons. The highest BCUT2D eigenvalue weighted by molar-refractivity contribution is 6.30. The summed E-state index contributed by atoms with van der Waals surface area (Å²) in [4.78, 5) is 11.4. The molecule has 3 nitrogen and oxygen atoms in total. The van der Waals surface area contributed by atoms with Crippen LogP contribution in [0.2, 0.25) is 5.02 Å². The molecule has 0 atom stereocenters. The minimum absolute atomic E-state index is 0.0103. The first kappa shape index (κ1) is 12.5. The van der Waals surface area contributed by atoms with Crippen LogP contribution in [0.4, 0.5) is 0 Å². The molecule has 1 aromatic rings. The van der Waals surface area contributed by atoms with Crippen LogP contribution in [0.15, 0.2) is 18.2 Å². The molecule has 0 amide bonds. The summed E-state index contributed by atoms with van der Waals surface area (Å²) in [7, 11) is 0. The Labute approximate surface area is 99.6 Å². The molecule has 1 rings (SSSR count). The molecular formula is C12H12ClNO2. The van der Waals surface area contributed by atoms with Gasteiger partial charge in [0.05, 0.1) is 5.56 Å². The molecule has 1 aromatic carbocycles. The van der Waals surface area contributed by atoms with Crippen molar-refractivity contribution >= 4 is 17.4 Å². The zero-order valence-electron chi connectivity index (χ0n) is 9.16. The van der Waals surface area contributed by atoms with Crippen molar-refractivity contribution in [3.8, 4) is 11.8 Å². The van der Waals surface area contributed by atoms with E-state index in [9.17, 15) is 4.79 Å². The largest absolute Gasteiger partial charge is 0.484 e. The molecule has 0 spiro atoms. The van der Waals surface area contributed by atoms with Gasteiger partial charge >= 0.3 is 0 Å². The first-order chi connectivity index (χ1) is 7.54. The standard InChI is InChI=1S/C12H12ClNO2/c1-8(2)11(15)7-16-12-5-10(13)4-3-9(12)6-14/h3-5,8H,7H2,1-2H3. The van der Waals surface area contributed by atoms with E-state index in [2.05, 4.69) is 0 Å². The Morgan fingerprint density at radius 3 is 2.81 bits per heavy atom. The van der Waals surface area contributed by atoms with Crippen LogP contribution in [0, 0.1) is 17.2 Å². The lowest BCUT2D eigenvalue weighted by molar-refractivity contribution is -0.123. The molecule has 0 saturated heterocycles. The number of nitriles is 1. The highest BCUT2D eigenvalue weighted by Gasteiger charge is 2.10. The maximum atomic E-state index is 11.4. The minimum Gasteiger partial charge on any atom is -0.484 e. The molecule has 0 aromatic heterocycles. The van der Waals surface area contributed by atoms with Gasteiger partial charge in [-0.3, -0.25) is 4.79 Å². The highest BCUT2D eigenvalue weighted by atomic mass is 35.5. The van der Waals surface area contributed by atoms with Crippen LogP contribution in [0.3, 0.4) is 0 Å². The molecule has 0 N–H and O–H groups in total. The van der Waals surface area contributed by atoms with Gasteiger partial charge < -0.3 is 4.74 Å². The second-order valence-electron chi connectivity index (χ2n) is 3.66. The zero-order chi connectivity index (χ0) is 12.1. The Hall–Kier alpha value is -1.53. The normalized spacial score (nSPS) is 9.94. The van der Waals surface area contributed by atoms with Gasteiger partial charge in [0.1, 0.15) is 18.4 Å². The third-order valence-electron chi connectivity index (χ3n) is 2.08. The maximum absolute atomic E-state index is 11.4. The summed E-state index contributed by atoms with van der Waals surface area (Å²) < 4.78 is 5.28. The molecule has 16 heavy (non-hydrogen) atoms. The van der Waals surface area contributed by atoms with Crippen molar-refractivity contribution in [1.29, 1.82) is 5.26 Å². The van der Waals surface area contributed by atoms with E-state index < -0.39 is 0 Å². The summed E-state index contributed by atoms with van der Waals surface area (Å²) in [6.07, 6.45) is 0. The second-order valence-corrected chi connectivity index (χ2v) is 4.10. The molecule has 84 valence electrons. The number of halogens is 1. The van der Waals surface area contributed by atoms with E-state index in [0.29, 0.717) is 16.3 Å². The lowest BCUT2D eigenvalue weighted by Gasteiger charge is -2.08. The van der Waals surface area contributed by atoms with Crippen molar-refractivity contribution in [2.75, 3.05) is 6.61 Å². The molecule has 4 heteroatoms. The summed E-state index contributed by atoms with van der Waals surface area (Å²) in [5, 5.41) is 9.30. The number of carbonyl (C=O) groups is 1. The molecular weight excluding hydrogens is 226 g/mol. The van der Waals surface area contributed by atoms with Gasteiger partial charge in [-0.2, -0.15) is 5.26 Å². The highest BCUT2D eigenvalue weighted by Crippen LogP contribution is 2.22. The van der Waals surface area contributed by atoms with Crippen LogP contribution in [-0.4, -0.2) is 12.4 Å². The lowest BCUT2D eigenvalue weighted by atomic mass is 10.1. The van der Waals surface area contributed by atoms with E-state index in [0.717, 1.165) is 0 Å².